The second kappa shape index (κ2) is 7.36. The average molecular weight is 436 g/mol. The van der Waals surface area contributed by atoms with Gasteiger partial charge >= 0.3 is 6.03 Å². The summed E-state index contributed by atoms with van der Waals surface area (Å²) in [5.41, 5.74) is 11.4. The molecule has 3 aromatic carbocycles. The highest BCUT2D eigenvalue weighted by atomic mass is 79.9. The Kier molecular flexibility index (Phi) is 4.75. The minimum absolute atomic E-state index is 0.301. The number of nitrogen functional groups attached to an aromatic ring is 1. The van der Waals surface area contributed by atoms with Crippen molar-refractivity contribution in [2.45, 2.75) is 6.92 Å². The van der Waals surface area contributed by atoms with Crippen molar-refractivity contribution >= 4 is 50.1 Å². The molecule has 0 aliphatic rings. The smallest absolute Gasteiger partial charge is 0.323 e. The van der Waals surface area contributed by atoms with Crippen molar-refractivity contribution in [2.24, 2.45) is 0 Å². The number of benzene rings is 3. The number of aryl methyl sites for hydroxylation is 1. The van der Waals surface area contributed by atoms with Crippen LogP contribution in [0.2, 0.25) is 0 Å². The van der Waals surface area contributed by atoms with E-state index in [1.807, 2.05) is 67.6 Å². The number of H-pyrrole nitrogens is 1. The van der Waals surface area contributed by atoms with E-state index in [-0.39, 0.29) is 6.03 Å². The quantitative estimate of drug-likeness (QED) is 0.340. The lowest BCUT2D eigenvalue weighted by Gasteiger charge is -2.10. The third kappa shape index (κ3) is 3.57. The maximum absolute atomic E-state index is 12.3. The molecule has 0 radical (unpaired) electrons. The molecule has 0 spiro atoms. The van der Waals surface area contributed by atoms with Gasteiger partial charge in [-0.3, -0.25) is 5.10 Å². The topological polar surface area (TPSA) is 95.8 Å². The van der Waals surface area contributed by atoms with Gasteiger partial charge in [-0.2, -0.15) is 5.10 Å². The second-order valence-corrected chi connectivity index (χ2v) is 7.31. The summed E-state index contributed by atoms with van der Waals surface area (Å²) < 4.78 is 0.947. The van der Waals surface area contributed by atoms with Crippen LogP contribution in [0.15, 0.2) is 65.1 Å². The number of amides is 2. The largest absolute Gasteiger partial charge is 0.382 e. The van der Waals surface area contributed by atoms with E-state index in [1.165, 1.54) is 0 Å². The zero-order chi connectivity index (χ0) is 19.7. The van der Waals surface area contributed by atoms with Crippen LogP contribution in [-0.2, 0) is 0 Å². The summed E-state index contributed by atoms with van der Waals surface area (Å²) in [5, 5.41) is 13.6. The van der Waals surface area contributed by atoms with E-state index in [2.05, 4.69) is 36.8 Å². The number of nitrogens with one attached hydrogen (secondary N) is 3. The minimum atomic E-state index is -0.301. The number of aromatic nitrogens is 2. The number of halogens is 1. The van der Waals surface area contributed by atoms with Gasteiger partial charge in [0.05, 0.1) is 10.9 Å². The van der Waals surface area contributed by atoms with Gasteiger partial charge in [0.15, 0.2) is 5.82 Å². The van der Waals surface area contributed by atoms with Crippen LogP contribution < -0.4 is 16.4 Å². The van der Waals surface area contributed by atoms with Crippen LogP contribution in [0.25, 0.3) is 22.0 Å². The standard InChI is InChI=1S/C21H18BrN5O/c1-12-5-8-15(11-17(12)22)25-21(28)24-14-9-6-13(7-10-14)16-3-2-4-18-19(16)20(23)27-26-18/h2-11H,1H3,(H3,23,26,27)(H2,24,25,28). The molecule has 1 heterocycles. The van der Waals surface area contributed by atoms with Crippen molar-refractivity contribution in [2.75, 3.05) is 16.4 Å². The number of carbonyl (C=O) groups is 1. The van der Waals surface area contributed by atoms with Gasteiger partial charge in [-0.15, -0.1) is 0 Å². The first-order chi connectivity index (χ1) is 13.5. The van der Waals surface area contributed by atoms with E-state index in [9.17, 15) is 4.79 Å². The number of rotatable bonds is 3. The fourth-order valence-electron chi connectivity index (χ4n) is 3.04. The lowest BCUT2D eigenvalue weighted by atomic mass is 10.0. The van der Waals surface area contributed by atoms with E-state index in [1.54, 1.807) is 0 Å². The first-order valence-electron chi connectivity index (χ1n) is 8.68. The molecule has 0 unspecified atom stereocenters. The second-order valence-electron chi connectivity index (χ2n) is 6.46. The summed E-state index contributed by atoms with van der Waals surface area (Å²) in [5.74, 6) is 0.469. The maximum Gasteiger partial charge on any atom is 0.323 e. The third-order valence-corrected chi connectivity index (χ3v) is 5.36. The number of hydrogen-bond acceptors (Lipinski definition) is 3. The highest BCUT2D eigenvalue weighted by Crippen LogP contribution is 2.31. The van der Waals surface area contributed by atoms with Crippen LogP contribution in [0.3, 0.4) is 0 Å². The van der Waals surface area contributed by atoms with Gasteiger partial charge in [0.1, 0.15) is 0 Å². The monoisotopic (exact) mass is 435 g/mol. The maximum atomic E-state index is 12.3. The predicted octanol–water partition coefficient (Wildman–Crippen LogP) is 5.53. The Morgan fingerprint density at radius 3 is 2.50 bits per heavy atom. The molecule has 1 aromatic heterocycles. The molecule has 28 heavy (non-hydrogen) atoms. The van der Waals surface area contributed by atoms with Gasteiger partial charge in [-0.05, 0) is 53.9 Å². The van der Waals surface area contributed by atoms with Gasteiger partial charge in [0, 0.05) is 15.8 Å². The molecule has 0 fully saturated rings. The Balaban J connectivity index is 1.51. The SMILES string of the molecule is Cc1ccc(NC(=O)Nc2ccc(-c3cccc4[nH]nc(N)c34)cc2)cc1Br. The molecule has 4 rings (SSSR count). The van der Waals surface area contributed by atoms with E-state index in [0.29, 0.717) is 17.2 Å². The van der Waals surface area contributed by atoms with Crippen LogP contribution in [0.1, 0.15) is 5.56 Å². The van der Waals surface area contributed by atoms with Crippen LogP contribution in [0.5, 0.6) is 0 Å². The Bertz CT molecular complexity index is 1170. The first kappa shape index (κ1) is 18.1. The van der Waals surface area contributed by atoms with Gasteiger partial charge in [0.25, 0.3) is 0 Å². The Morgan fingerprint density at radius 1 is 1.04 bits per heavy atom. The summed E-state index contributed by atoms with van der Waals surface area (Å²) in [7, 11) is 0. The van der Waals surface area contributed by atoms with Gasteiger partial charge < -0.3 is 16.4 Å². The number of fused-ring (bicyclic) bond motifs is 1. The Hall–Kier alpha value is -3.32. The van der Waals surface area contributed by atoms with Crippen LogP contribution in [0, 0.1) is 6.92 Å². The van der Waals surface area contributed by atoms with Crippen LogP contribution in [0.4, 0.5) is 22.0 Å². The summed E-state index contributed by atoms with van der Waals surface area (Å²) in [6, 6.07) is 18.9. The molecule has 0 aliphatic carbocycles. The third-order valence-electron chi connectivity index (χ3n) is 4.50. The molecule has 7 heteroatoms. The van der Waals surface area contributed by atoms with Gasteiger partial charge in [0.2, 0.25) is 0 Å². The Labute approximate surface area is 170 Å². The molecular weight excluding hydrogens is 418 g/mol. The van der Waals surface area contributed by atoms with E-state index in [0.717, 1.165) is 32.1 Å². The van der Waals surface area contributed by atoms with Crippen LogP contribution in [-0.4, -0.2) is 16.2 Å². The molecule has 0 atom stereocenters. The number of urea groups is 1. The highest BCUT2D eigenvalue weighted by Gasteiger charge is 2.10. The zero-order valence-corrected chi connectivity index (χ0v) is 16.7. The summed E-state index contributed by atoms with van der Waals surface area (Å²) in [4.78, 5) is 12.3. The zero-order valence-electron chi connectivity index (χ0n) is 15.1. The predicted molar refractivity (Wildman–Crippen MR) is 117 cm³/mol. The number of nitrogens with zero attached hydrogens (tertiary/aromatic N) is 1. The molecular formula is C21H18BrN5O. The molecule has 0 bridgehead atoms. The van der Waals surface area contributed by atoms with Crippen molar-refractivity contribution in [1.29, 1.82) is 0 Å². The molecule has 4 aromatic rings. The van der Waals surface area contributed by atoms with E-state index in [4.69, 9.17) is 5.73 Å². The lowest BCUT2D eigenvalue weighted by Crippen LogP contribution is -2.19. The summed E-state index contributed by atoms with van der Waals surface area (Å²) in [6.45, 7) is 1.99. The van der Waals surface area contributed by atoms with Crippen molar-refractivity contribution < 1.29 is 4.79 Å². The van der Waals surface area contributed by atoms with Crippen molar-refractivity contribution in [1.82, 2.24) is 10.2 Å². The molecule has 2 amide bonds. The molecule has 0 saturated heterocycles. The van der Waals surface area contributed by atoms with Crippen LogP contribution >= 0.6 is 15.9 Å². The van der Waals surface area contributed by atoms with Crippen molar-refractivity contribution in [3.63, 3.8) is 0 Å². The first-order valence-corrected chi connectivity index (χ1v) is 9.48. The molecule has 140 valence electrons. The van der Waals surface area contributed by atoms with Gasteiger partial charge in [-0.25, -0.2) is 4.79 Å². The number of carbonyl (C=O) groups excluding carboxylic acids is 1. The molecule has 0 saturated carbocycles. The van der Waals surface area contributed by atoms with Crippen molar-refractivity contribution in [3.8, 4) is 11.1 Å². The average Bonchev–Trinajstić information content (AvgIpc) is 3.07. The van der Waals surface area contributed by atoms with Crippen molar-refractivity contribution in [3.05, 3.63) is 70.7 Å². The highest BCUT2D eigenvalue weighted by molar-refractivity contribution is 9.10. The molecule has 0 aliphatic heterocycles. The minimum Gasteiger partial charge on any atom is -0.382 e. The number of aromatic amines is 1. The fraction of sp³-hybridized carbons (Fsp3) is 0.0476. The number of hydrogen-bond donors (Lipinski definition) is 4. The Morgan fingerprint density at radius 2 is 1.75 bits per heavy atom. The lowest BCUT2D eigenvalue weighted by molar-refractivity contribution is 0.262. The number of anilines is 3. The summed E-state index contributed by atoms with van der Waals surface area (Å²) >= 11 is 3.46. The van der Waals surface area contributed by atoms with E-state index < -0.39 is 0 Å². The number of nitrogens with two attached hydrogens (primary N) is 1. The summed E-state index contributed by atoms with van der Waals surface area (Å²) in [6.07, 6.45) is 0. The fourth-order valence-corrected chi connectivity index (χ4v) is 3.41. The molecule has 6 nitrogen and oxygen atoms in total. The van der Waals surface area contributed by atoms with E-state index >= 15 is 0 Å². The molecule has 5 N–H and O–H groups in total. The van der Waals surface area contributed by atoms with Gasteiger partial charge in [-0.1, -0.05) is 46.3 Å². The normalized spacial score (nSPS) is 10.8.